The number of rotatable bonds is 7. The van der Waals surface area contributed by atoms with Crippen LogP contribution in [0.1, 0.15) is 20.3 Å². The highest BCUT2D eigenvalue weighted by molar-refractivity contribution is 5.73. The van der Waals surface area contributed by atoms with Crippen LogP contribution in [-0.4, -0.2) is 19.1 Å². The summed E-state index contributed by atoms with van der Waals surface area (Å²) in [6.45, 7) is 5.49. The molecule has 0 fully saturated rings. The van der Waals surface area contributed by atoms with Crippen molar-refractivity contribution in [1.82, 2.24) is 0 Å². The van der Waals surface area contributed by atoms with Crippen LogP contribution in [0.2, 0.25) is 0 Å². The van der Waals surface area contributed by atoms with E-state index in [1.165, 1.54) is 0 Å². The minimum Gasteiger partial charge on any atom is -0.491 e. The van der Waals surface area contributed by atoms with Gasteiger partial charge in [0.2, 0.25) is 5.91 Å². The van der Waals surface area contributed by atoms with Crippen molar-refractivity contribution in [1.29, 1.82) is 0 Å². The Morgan fingerprint density at radius 2 is 2.12 bits per heavy atom. The molecule has 0 aromatic heterocycles. The first-order valence-corrected chi connectivity index (χ1v) is 5.83. The lowest BCUT2D eigenvalue weighted by molar-refractivity contribution is -0.118. The highest BCUT2D eigenvalue weighted by Gasteiger charge is 2.03. The SMILES string of the molecule is CC(C)CNc1ccccc1OCCC(N)=O. The Kier molecular flexibility index (Phi) is 5.33. The Bertz CT molecular complexity index is 364. The molecule has 1 rings (SSSR count). The van der Waals surface area contributed by atoms with E-state index in [1.807, 2.05) is 24.3 Å². The normalized spacial score (nSPS) is 10.3. The van der Waals surface area contributed by atoms with Crippen LogP contribution in [0, 0.1) is 5.92 Å². The molecular weight excluding hydrogens is 216 g/mol. The average Bonchev–Trinajstić information content (AvgIpc) is 2.27. The molecule has 0 unspecified atom stereocenters. The van der Waals surface area contributed by atoms with E-state index in [0.717, 1.165) is 18.0 Å². The topological polar surface area (TPSA) is 64.3 Å². The fourth-order valence-corrected chi connectivity index (χ4v) is 1.31. The largest absolute Gasteiger partial charge is 0.491 e. The van der Waals surface area contributed by atoms with Gasteiger partial charge in [-0.25, -0.2) is 0 Å². The number of benzene rings is 1. The molecule has 3 N–H and O–H groups in total. The molecule has 17 heavy (non-hydrogen) atoms. The number of hydrogen-bond acceptors (Lipinski definition) is 3. The van der Waals surface area contributed by atoms with Gasteiger partial charge >= 0.3 is 0 Å². The van der Waals surface area contributed by atoms with E-state index in [9.17, 15) is 4.79 Å². The molecule has 0 spiro atoms. The highest BCUT2D eigenvalue weighted by Crippen LogP contribution is 2.23. The predicted octanol–water partition coefficient (Wildman–Crippen LogP) is 2.01. The van der Waals surface area contributed by atoms with Gasteiger partial charge in [0.15, 0.2) is 0 Å². The van der Waals surface area contributed by atoms with E-state index in [4.69, 9.17) is 10.5 Å². The molecule has 0 aliphatic carbocycles. The Morgan fingerprint density at radius 3 is 2.76 bits per heavy atom. The van der Waals surface area contributed by atoms with Crippen LogP contribution in [0.25, 0.3) is 0 Å². The second-order valence-electron chi connectivity index (χ2n) is 4.34. The summed E-state index contributed by atoms with van der Waals surface area (Å²) in [4.78, 5) is 10.6. The van der Waals surface area contributed by atoms with Gasteiger partial charge in [-0.1, -0.05) is 26.0 Å². The fourth-order valence-electron chi connectivity index (χ4n) is 1.31. The van der Waals surface area contributed by atoms with Gasteiger partial charge in [-0.15, -0.1) is 0 Å². The number of hydrogen-bond donors (Lipinski definition) is 2. The van der Waals surface area contributed by atoms with Gasteiger partial charge < -0.3 is 15.8 Å². The van der Waals surface area contributed by atoms with E-state index >= 15 is 0 Å². The molecule has 1 amide bonds. The number of nitrogens with two attached hydrogens (primary N) is 1. The number of primary amides is 1. The first-order chi connectivity index (χ1) is 8.09. The van der Waals surface area contributed by atoms with Crippen LogP contribution >= 0.6 is 0 Å². The lowest BCUT2D eigenvalue weighted by Crippen LogP contribution is -2.15. The molecule has 94 valence electrons. The van der Waals surface area contributed by atoms with E-state index in [-0.39, 0.29) is 12.3 Å². The summed E-state index contributed by atoms with van der Waals surface area (Å²) in [5, 5.41) is 3.31. The van der Waals surface area contributed by atoms with Crippen molar-refractivity contribution in [3.63, 3.8) is 0 Å². The molecule has 0 radical (unpaired) electrons. The summed E-state index contributed by atoms with van der Waals surface area (Å²) in [5.74, 6) is 0.973. The molecule has 0 saturated heterocycles. The molecule has 0 aliphatic heterocycles. The Morgan fingerprint density at radius 1 is 1.41 bits per heavy atom. The molecule has 0 atom stereocenters. The minimum absolute atomic E-state index is 0.235. The molecule has 1 aromatic rings. The zero-order chi connectivity index (χ0) is 12.7. The van der Waals surface area contributed by atoms with Crippen LogP contribution in [0.3, 0.4) is 0 Å². The summed E-state index contributed by atoms with van der Waals surface area (Å²) >= 11 is 0. The van der Waals surface area contributed by atoms with Gasteiger partial charge in [0.25, 0.3) is 0 Å². The second-order valence-corrected chi connectivity index (χ2v) is 4.34. The predicted molar refractivity (Wildman–Crippen MR) is 69.1 cm³/mol. The molecular formula is C13H20N2O2. The smallest absolute Gasteiger partial charge is 0.220 e. The van der Waals surface area contributed by atoms with Gasteiger partial charge in [0, 0.05) is 6.54 Å². The maximum Gasteiger partial charge on any atom is 0.220 e. The maximum atomic E-state index is 10.6. The highest BCUT2D eigenvalue weighted by atomic mass is 16.5. The van der Waals surface area contributed by atoms with Gasteiger partial charge in [-0.2, -0.15) is 0 Å². The number of anilines is 1. The van der Waals surface area contributed by atoms with Crippen molar-refractivity contribution in [2.24, 2.45) is 11.7 Å². The van der Waals surface area contributed by atoms with Crippen molar-refractivity contribution in [3.8, 4) is 5.75 Å². The van der Waals surface area contributed by atoms with E-state index in [1.54, 1.807) is 0 Å². The third-order valence-electron chi connectivity index (χ3n) is 2.19. The van der Waals surface area contributed by atoms with Crippen molar-refractivity contribution in [3.05, 3.63) is 24.3 Å². The molecule has 0 bridgehead atoms. The molecule has 0 heterocycles. The first-order valence-electron chi connectivity index (χ1n) is 5.83. The Hall–Kier alpha value is -1.71. The summed E-state index contributed by atoms with van der Waals surface area (Å²) in [5.41, 5.74) is 6.01. The van der Waals surface area contributed by atoms with E-state index < -0.39 is 0 Å². The number of carbonyl (C=O) groups excluding carboxylic acids is 1. The van der Waals surface area contributed by atoms with E-state index in [2.05, 4.69) is 19.2 Å². The van der Waals surface area contributed by atoms with Gasteiger partial charge in [0.05, 0.1) is 18.7 Å². The van der Waals surface area contributed by atoms with Crippen molar-refractivity contribution >= 4 is 11.6 Å². The van der Waals surface area contributed by atoms with Gasteiger partial charge in [-0.3, -0.25) is 4.79 Å². The zero-order valence-corrected chi connectivity index (χ0v) is 10.4. The zero-order valence-electron chi connectivity index (χ0n) is 10.4. The molecule has 0 aliphatic rings. The summed E-state index contributed by atoms with van der Waals surface area (Å²) in [6, 6.07) is 7.69. The maximum absolute atomic E-state index is 10.6. The molecule has 1 aromatic carbocycles. The number of para-hydroxylation sites is 2. The second kappa shape index (κ2) is 6.78. The van der Waals surface area contributed by atoms with Crippen molar-refractivity contribution in [2.75, 3.05) is 18.5 Å². The number of carbonyl (C=O) groups is 1. The van der Waals surface area contributed by atoms with Crippen LogP contribution in [0.5, 0.6) is 5.75 Å². The summed E-state index contributed by atoms with van der Waals surface area (Å²) in [7, 11) is 0. The van der Waals surface area contributed by atoms with Gasteiger partial charge in [-0.05, 0) is 18.1 Å². The quantitative estimate of drug-likeness (QED) is 0.761. The molecule has 0 saturated carbocycles. The van der Waals surface area contributed by atoms with E-state index in [0.29, 0.717) is 12.5 Å². The number of nitrogens with one attached hydrogen (secondary N) is 1. The third-order valence-corrected chi connectivity index (χ3v) is 2.19. The van der Waals surface area contributed by atoms with Crippen molar-refractivity contribution < 1.29 is 9.53 Å². The number of ether oxygens (including phenoxy) is 1. The Balaban J connectivity index is 2.54. The first kappa shape index (κ1) is 13.4. The third kappa shape index (κ3) is 5.24. The number of amides is 1. The fraction of sp³-hybridized carbons (Fsp3) is 0.462. The molecule has 4 heteroatoms. The summed E-state index contributed by atoms with van der Waals surface area (Å²) in [6.07, 6.45) is 0.235. The van der Waals surface area contributed by atoms with Crippen LogP contribution in [0.15, 0.2) is 24.3 Å². The van der Waals surface area contributed by atoms with Crippen molar-refractivity contribution in [2.45, 2.75) is 20.3 Å². The summed E-state index contributed by atoms with van der Waals surface area (Å²) < 4.78 is 5.52. The molecule has 4 nitrogen and oxygen atoms in total. The minimum atomic E-state index is -0.349. The van der Waals surface area contributed by atoms with Crippen LogP contribution in [0.4, 0.5) is 5.69 Å². The lowest BCUT2D eigenvalue weighted by Gasteiger charge is -2.14. The Labute approximate surface area is 102 Å². The van der Waals surface area contributed by atoms with Crippen LogP contribution in [-0.2, 0) is 4.79 Å². The lowest BCUT2D eigenvalue weighted by atomic mass is 10.2. The average molecular weight is 236 g/mol. The monoisotopic (exact) mass is 236 g/mol. The standard InChI is InChI=1S/C13H20N2O2/c1-10(2)9-15-11-5-3-4-6-12(11)17-8-7-13(14)16/h3-6,10,15H,7-9H2,1-2H3,(H2,14,16). The van der Waals surface area contributed by atoms with Gasteiger partial charge in [0.1, 0.15) is 5.75 Å². The van der Waals surface area contributed by atoms with Crippen LogP contribution < -0.4 is 15.8 Å².